The summed E-state index contributed by atoms with van der Waals surface area (Å²) >= 11 is 1.79. The van der Waals surface area contributed by atoms with E-state index >= 15 is 0 Å². The molecule has 0 aromatic heterocycles. The summed E-state index contributed by atoms with van der Waals surface area (Å²) in [6.07, 6.45) is 1.51. The number of benzene rings is 1. The van der Waals surface area contributed by atoms with Crippen molar-refractivity contribution in [2.45, 2.75) is 32.4 Å². The summed E-state index contributed by atoms with van der Waals surface area (Å²) in [6.45, 7) is 5.20. The summed E-state index contributed by atoms with van der Waals surface area (Å²) in [7, 11) is -3.20. The highest BCUT2D eigenvalue weighted by Gasteiger charge is 2.31. The zero-order valence-electron chi connectivity index (χ0n) is 15.0. The van der Waals surface area contributed by atoms with Crippen LogP contribution in [0, 0.1) is 12.8 Å². The monoisotopic (exact) mass is 384 g/mol. The van der Waals surface area contributed by atoms with Crippen molar-refractivity contribution in [2.75, 3.05) is 31.1 Å². The molecule has 2 rings (SSSR count). The fraction of sp³-hybridized carbons (Fsp3) is 0.611. The van der Waals surface area contributed by atoms with E-state index in [0.717, 1.165) is 24.3 Å². The van der Waals surface area contributed by atoms with Crippen LogP contribution in [0.25, 0.3) is 0 Å². The van der Waals surface area contributed by atoms with Crippen molar-refractivity contribution in [3.8, 4) is 0 Å². The first-order valence-electron chi connectivity index (χ1n) is 8.81. The van der Waals surface area contributed by atoms with Crippen molar-refractivity contribution in [1.29, 1.82) is 0 Å². The molecule has 0 radical (unpaired) electrons. The van der Waals surface area contributed by atoms with E-state index in [1.54, 1.807) is 18.7 Å². The molecule has 1 aromatic rings. The Morgan fingerprint density at radius 1 is 1.40 bits per heavy atom. The smallest absolute Gasteiger partial charge is 0.224 e. The van der Waals surface area contributed by atoms with Gasteiger partial charge in [-0.05, 0) is 32.3 Å². The second-order valence-electron chi connectivity index (χ2n) is 6.43. The summed E-state index contributed by atoms with van der Waals surface area (Å²) in [5, 5.41) is 2.96. The highest BCUT2D eigenvalue weighted by atomic mass is 32.2. The third-order valence-corrected chi connectivity index (χ3v) is 7.29. The number of amides is 1. The Morgan fingerprint density at radius 3 is 2.92 bits per heavy atom. The van der Waals surface area contributed by atoms with E-state index in [1.807, 2.05) is 0 Å². The number of rotatable bonds is 8. The average molecular weight is 385 g/mol. The van der Waals surface area contributed by atoms with Crippen LogP contribution in [0.1, 0.15) is 30.9 Å². The van der Waals surface area contributed by atoms with Crippen LogP contribution < -0.4 is 5.32 Å². The lowest BCUT2D eigenvalue weighted by Crippen LogP contribution is -2.46. The SMILES string of the molecule is CCS(=O)(=O)N1CCC[C@H](C(=O)NCCSCc2cccc(C)c2)C1. The van der Waals surface area contributed by atoms with E-state index in [0.29, 0.717) is 19.6 Å². The molecule has 0 spiro atoms. The van der Waals surface area contributed by atoms with Gasteiger partial charge in [-0.1, -0.05) is 29.8 Å². The van der Waals surface area contributed by atoms with Gasteiger partial charge in [0.05, 0.1) is 11.7 Å². The minimum atomic E-state index is -3.20. The molecule has 0 aliphatic carbocycles. The van der Waals surface area contributed by atoms with Crippen LogP contribution in [0.4, 0.5) is 0 Å². The van der Waals surface area contributed by atoms with Gasteiger partial charge in [0.1, 0.15) is 0 Å². The molecular formula is C18H28N2O3S2. The van der Waals surface area contributed by atoms with Crippen molar-refractivity contribution >= 4 is 27.7 Å². The summed E-state index contributed by atoms with van der Waals surface area (Å²) in [5.41, 5.74) is 2.55. The molecule has 1 aliphatic rings. The molecule has 1 fully saturated rings. The number of sulfonamides is 1. The summed E-state index contributed by atoms with van der Waals surface area (Å²) in [4.78, 5) is 12.3. The largest absolute Gasteiger partial charge is 0.355 e. The van der Waals surface area contributed by atoms with Gasteiger partial charge in [0.2, 0.25) is 15.9 Å². The van der Waals surface area contributed by atoms with Crippen LogP contribution in [-0.2, 0) is 20.6 Å². The molecule has 1 amide bonds. The van der Waals surface area contributed by atoms with Crippen molar-refractivity contribution in [3.05, 3.63) is 35.4 Å². The molecule has 140 valence electrons. The molecule has 7 heteroatoms. The van der Waals surface area contributed by atoms with E-state index in [1.165, 1.54) is 15.4 Å². The number of hydrogen-bond acceptors (Lipinski definition) is 4. The standard InChI is InChI=1S/C18H28N2O3S2/c1-3-25(22,23)20-10-5-8-17(13-20)18(21)19-9-11-24-14-16-7-4-6-15(2)12-16/h4,6-7,12,17H,3,5,8-11,13-14H2,1-2H3,(H,19,21)/t17-/m0/s1. The second-order valence-corrected chi connectivity index (χ2v) is 9.79. The molecule has 1 aliphatic heterocycles. The van der Waals surface area contributed by atoms with Gasteiger partial charge in [-0.25, -0.2) is 12.7 Å². The molecule has 1 N–H and O–H groups in total. The normalized spacial score (nSPS) is 18.9. The number of hydrogen-bond donors (Lipinski definition) is 1. The fourth-order valence-corrected chi connectivity index (χ4v) is 4.96. The number of piperidine rings is 1. The number of thioether (sulfide) groups is 1. The first-order chi connectivity index (χ1) is 11.9. The van der Waals surface area contributed by atoms with Gasteiger partial charge in [0.15, 0.2) is 0 Å². The molecule has 0 bridgehead atoms. The number of nitrogens with one attached hydrogen (secondary N) is 1. The van der Waals surface area contributed by atoms with Gasteiger partial charge in [-0.3, -0.25) is 4.79 Å². The number of carbonyl (C=O) groups is 1. The quantitative estimate of drug-likeness (QED) is 0.699. The van der Waals surface area contributed by atoms with Crippen LogP contribution in [0.5, 0.6) is 0 Å². The molecule has 1 heterocycles. The first kappa shape index (κ1) is 20.3. The average Bonchev–Trinajstić information content (AvgIpc) is 2.61. The van der Waals surface area contributed by atoms with Crippen LogP contribution in [0.2, 0.25) is 0 Å². The zero-order valence-corrected chi connectivity index (χ0v) is 16.7. The Morgan fingerprint density at radius 2 is 2.20 bits per heavy atom. The lowest BCUT2D eigenvalue weighted by atomic mass is 9.99. The van der Waals surface area contributed by atoms with Crippen molar-refractivity contribution in [2.24, 2.45) is 5.92 Å². The Labute approximate surface area is 155 Å². The Balaban J connectivity index is 1.69. The van der Waals surface area contributed by atoms with Crippen LogP contribution in [0.3, 0.4) is 0 Å². The second kappa shape index (κ2) is 9.59. The molecule has 25 heavy (non-hydrogen) atoms. The molecule has 1 saturated heterocycles. The number of carbonyl (C=O) groups excluding carboxylic acids is 1. The zero-order chi connectivity index (χ0) is 18.3. The first-order valence-corrected chi connectivity index (χ1v) is 11.6. The molecule has 0 unspecified atom stereocenters. The van der Waals surface area contributed by atoms with Gasteiger partial charge in [0.25, 0.3) is 0 Å². The lowest BCUT2D eigenvalue weighted by Gasteiger charge is -2.30. The molecule has 0 saturated carbocycles. The van der Waals surface area contributed by atoms with Crippen LogP contribution >= 0.6 is 11.8 Å². The number of aryl methyl sites for hydroxylation is 1. The van der Waals surface area contributed by atoms with Gasteiger partial charge in [-0.15, -0.1) is 0 Å². The lowest BCUT2D eigenvalue weighted by molar-refractivity contribution is -0.125. The Kier molecular flexibility index (Phi) is 7.78. The summed E-state index contributed by atoms with van der Waals surface area (Å²) < 4.78 is 25.4. The van der Waals surface area contributed by atoms with Crippen LogP contribution in [0.15, 0.2) is 24.3 Å². The molecular weight excluding hydrogens is 356 g/mol. The maximum Gasteiger partial charge on any atom is 0.224 e. The molecule has 1 aromatic carbocycles. The highest BCUT2D eigenvalue weighted by molar-refractivity contribution is 7.98. The highest BCUT2D eigenvalue weighted by Crippen LogP contribution is 2.20. The maximum absolute atomic E-state index is 12.3. The summed E-state index contributed by atoms with van der Waals surface area (Å²) in [6, 6.07) is 8.44. The molecule has 5 nitrogen and oxygen atoms in total. The number of nitrogens with zero attached hydrogens (tertiary/aromatic N) is 1. The van der Waals surface area contributed by atoms with Crippen molar-refractivity contribution in [3.63, 3.8) is 0 Å². The van der Waals surface area contributed by atoms with E-state index in [-0.39, 0.29) is 17.6 Å². The van der Waals surface area contributed by atoms with Gasteiger partial charge in [0, 0.05) is 31.1 Å². The minimum absolute atomic E-state index is 0.0211. The van der Waals surface area contributed by atoms with E-state index in [4.69, 9.17) is 0 Å². The minimum Gasteiger partial charge on any atom is -0.355 e. The van der Waals surface area contributed by atoms with Crippen molar-refractivity contribution in [1.82, 2.24) is 9.62 Å². The molecule has 1 atom stereocenters. The van der Waals surface area contributed by atoms with E-state index in [2.05, 4.69) is 36.5 Å². The van der Waals surface area contributed by atoms with E-state index in [9.17, 15) is 13.2 Å². The van der Waals surface area contributed by atoms with Crippen molar-refractivity contribution < 1.29 is 13.2 Å². The van der Waals surface area contributed by atoms with E-state index < -0.39 is 10.0 Å². The fourth-order valence-electron chi connectivity index (χ4n) is 2.97. The Bertz CT molecular complexity index is 677. The van der Waals surface area contributed by atoms with Gasteiger partial charge in [-0.2, -0.15) is 11.8 Å². The Hall–Kier alpha value is -1.05. The van der Waals surface area contributed by atoms with Gasteiger partial charge < -0.3 is 5.32 Å². The third kappa shape index (κ3) is 6.31. The van der Waals surface area contributed by atoms with Crippen LogP contribution in [-0.4, -0.2) is 49.8 Å². The predicted molar refractivity (Wildman–Crippen MR) is 104 cm³/mol. The third-order valence-electron chi connectivity index (χ3n) is 4.41. The maximum atomic E-state index is 12.3. The summed E-state index contributed by atoms with van der Waals surface area (Å²) in [5.74, 6) is 1.63. The topological polar surface area (TPSA) is 66.5 Å². The predicted octanol–water partition coefficient (Wildman–Crippen LogP) is 2.41. The van der Waals surface area contributed by atoms with Gasteiger partial charge >= 0.3 is 0 Å².